The average Bonchev–Trinajstić information content (AvgIpc) is 2.79. The van der Waals surface area contributed by atoms with Gasteiger partial charge in [0.1, 0.15) is 12.6 Å². The van der Waals surface area contributed by atoms with E-state index in [1.54, 1.807) is 30.5 Å². The number of nitriles is 1. The first-order valence-electron chi connectivity index (χ1n) is 5.15. The summed E-state index contributed by atoms with van der Waals surface area (Å²) in [4.78, 5) is 15.5. The van der Waals surface area contributed by atoms with Crippen LogP contribution in [0, 0.1) is 11.3 Å². The van der Waals surface area contributed by atoms with E-state index in [4.69, 9.17) is 16.9 Å². The van der Waals surface area contributed by atoms with Gasteiger partial charge in [-0.25, -0.2) is 4.98 Å². The van der Waals surface area contributed by atoms with E-state index in [0.29, 0.717) is 10.7 Å². The van der Waals surface area contributed by atoms with Crippen LogP contribution in [0.5, 0.6) is 0 Å². The SMILES string of the molecule is N#Cc1nccn1CC(=O)Nc1ccc(Cl)cc1. The minimum atomic E-state index is -0.230. The quantitative estimate of drug-likeness (QED) is 0.918. The van der Waals surface area contributed by atoms with Gasteiger partial charge in [-0.2, -0.15) is 5.26 Å². The normalized spacial score (nSPS) is 9.78. The first-order chi connectivity index (χ1) is 8.69. The third-order valence-corrected chi connectivity index (χ3v) is 2.51. The number of benzene rings is 1. The first-order valence-corrected chi connectivity index (χ1v) is 5.53. The van der Waals surface area contributed by atoms with Crippen molar-refractivity contribution in [3.8, 4) is 6.07 Å². The van der Waals surface area contributed by atoms with Gasteiger partial charge in [0.05, 0.1) is 0 Å². The molecule has 0 unspecified atom stereocenters. The molecular weight excluding hydrogens is 252 g/mol. The van der Waals surface area contributed by atoms with Crippen molar-refractivity contribution in [1.82, 2.24) is 9.55 Å². The Morgan fingerprint density at radius 2 is 2.17 bits per heavy atom. The Balaban J connectivity index is 2.01. The molecule has 1 amide bonds. The smallest absolute Gasteiger partial charge is 0.244 e. The number of hydrogen-bond acceptors (Lipinski definition) is 3. The van der Waals surface area contributed by atoms with Crippen molar-refractivity contribution in [2.75, 3.05) is 5.32 Å². The van der Waals surface area contributed by atoms with Crippen LogP contribution in [-0.2, 0) is 11.3 Å². The van der Waals surface area contributed by atoms with Gasteiger partial charge in [-0.1, -0.05) is 11.6 Å². The predicted molar refractivity (Wildman–Crippen MR) is 67.0 cm³/mol. The first kappa shape index (κ1) is 12.1. The van der Waals surface area contributed by atoms with E-state index in [-0.39, 0.29) is 18.3 Å². The van der Waals surface area contributed by atoms with Crippen molar-refractivity contribution in [2.24, 2.45) is 0 Å². The van der Waals surface area contributed by atoms with Gasteiger partial charge in [0.2, 0.25) is 11.7 Å². The van der Waals surface area contributed by atoms with Crippen LogP contribution < -0.4 is 5.32 Å². The molecular formula is C12H9ClN4O. The fourth-order valence-electron chi connectivity index (χ4n) is 1.44. The molecule has 1 aromatic carbocycles. The highest BCUT2D eigenvalue weighted by atomic mass is 35.5. The minimum absolute atomic E-state index is 0.0471. The number of nitrogens with zero attached hydrogens (tertiary/aromatic N) is 3. The van der Waals surface area contributed by atoms with Crippen molar-refractivity contribution in [1.29, 1.82) is 5.26 Å². The number of amides is 1. The summed E-state index contributed by atoms with van der Waals surface area (Å²) in [6, 6.07) is 8.70. The second-order valence-corrected chi connectivity index (χ2v) is 3.98. The fourth-order valence-corrected chi connectivity index (χ4v) is 1.56. The molecule has 90 valence electrons. The molecule has 0 saturated carbocycles. The second kappa shape index (κ2) is 5.34. The molecule has 0 fully saturated rings. The molecule has 0 spiro atoms. The zero-order chi connectivity index (χ0) is 13.0. The molecule has 0 aliphatic heterocycles. The molecule has 6 heteroatoms. The van der Waals surface area contributed by atoms with Gasteiger partial charge in [0, 0.05) is 23.1 Å². The molecule has 1 N–H and O–H groups in total. The second-order valence-electron chi connectivity index (χ2n) is 3.55. The monoisotopic (exact) mass is 260 g/mol. The van der Waals surface area contributed by atoms with Gasteiger partial charge < -0.3 is 9.88 Å². The summed E-state index contributed by atoms with van der Waals surface area (Å²) in [6.07, 6.45) is 3.06. The Labute approximate surface area is 109 Å². The van der Waals surface area contributed by atoms with Gasteiger partial charge in [0.25, 0.3) is 0 Å². The molecule has 0 aliphatic carbocycles. The summed E-state index contributed by atoms with van der Waals surface area (Å²) in [5.41, 5.74) is 0.656. The Kier molecular flexibility index (Phi) is 3.60. The third kappa shape index (κ3) is 2.87. The van der Waals surface area contributed by atoms with E-state index in [1.165, 1.54) is 10.8 Å². The van der Waals surface area contributed by atoms with Gasteiger partial charge in [-0.3, -0.25) is 4.79 Å². The number of imidazole rings is 1. The Hall–Kier alpha value is -2.32. The number of carbonyl (C=O) groups excluding carboxylic acids is 1. The molecule has 2 aromatic rings. The lowest BCUT2D eigenvalue weighted by molar-refractivity contribution is -0.116. The molecule has 1 aromatic heterocycles. The van der Waals surface area contributed by atoms with Crippen LogP contribution in [0.4, 0.5) is 5.69 Å². The minimum Gasteiger partial charge on any atom is -0.325 e. The van der Waals surface area contributed by atoms with E-state index >= 15 is 0 Å². The molecule has 0 atom stereocenters. The largest absolute Gasteiger partial charge is 0.325 e. The number of nitrogens with one attached hydrogen (secondary N) is 1. The van der Waals surface area contributed by atoms with Crippen LogP contribution in [0.3, 0.4) is 0 Å². The summed E-state index contributed by atoms with van der Waals surface area (Å²) >= 11 is 5.74. The number of anilines is 1. The van der Waals surface area contributed by atoms with Crippen molar-refractivity contribution < 1.29 is 4.79 Å². The van der Waals surface area contributed by atoms with Crippen LogP contribution in [0.15, 0.2) is 36.7 Å². The lowest BCUT2D eigenvalue weighted by Gasteiger charge is -2.06. The molecule has 18 heavy (non-hydrogen) atoms. The van der Waals surface area contributed by atoms with Crippen LogP contribution in [-0.4, -0.2) is 15.5 Å². The highest BCUT2D eigenvalue weighted by molar-refractivity contribution is 6.30. The van der Waals surface area contributed by atoms with E-state index in [9.17, 15) is 4.79 Å². The lowest BCUT2D eigenvalue weighted by atomic mass is 10.3. The summed E-state index contributed by atoms with van der Waals surface area (Å²) in [6.45, 7) is 0.0471. The molecule has 1 heterocycles. The predicted octanol–water partition coefficient (Wildman–Crippen LogP) is 2.05. The Morgan fingerprint density at radius 3 is 2.83 bits per heavy atom. The molecule has 0 saturated heterocycles. The summed E-state index contributed by atoms with van der Waals surface area (Å²) in [5, 5.41) is 12.1. The van der Waals surface area contributed by atoms with Crippen LogP contribution >= 0.6 is 11.6 Å². The maximum Gasteiger partial charge on any atom is 0.244 e. The molecule has 5 nitrogen and oxygen atoms in total. The van der Waals surface area contributed by atoms with Crippen LogP contribution in [0.1, 0.15) is 5.82 Å². The fraction of sp³-hybridized carbons (Fsp3) is 0.0833. The third-order valence-electron chi connectivity index (χ3n) is 2.26. The lowest BCUT2D eigenvalue weighted by Crippen LogP contribution is -2.19. The van der Waals surface area contributed by atoms with E-state index in [0.717, 1.165) is 0 Å². The highest BCUT2D eigenvalue weighted by Gasteiger charge is 2.07. The Bertz CT molecular complexity index is 597. The zero-order valence-corrected chi connectivity index (χ0v) is 10.1. The standard InChI is InChI=1S/C12H9ClN4O/c13-9-1-3-10(4-2-9)16-12(18)8-17-6-5-15-11(17)7-14/h1-6H,8H2,(H,16,18). The highest BCUT2D eigenvalue weighted by Crippen LogP contribution is 2.13. The summed E-state index contributed by atoms with van der Waals surface area (Å²) < 4.78 is 1.48. The van der Waals surface area contributed by atoms with Gasteiger partial charge >= 0.3 is 0 Å². The molecule has 0 bridgehead atoms. The maximum atomic E-state index is 11.7. The van der Waals surface area contributed by atoms with Crippen molar-refractivity contribution in [3.05, 3.63) is 47.5 Å². The maximum absolute atomic E-state index is 11.7. The number of aromatic nitrogens is 2. The van der Waals surface area contributed by atoms with Gasteiger partial charge in [0.15, 0.2) is 0 Å². The molecule has 2 rings (SSSR count). The van der Waals surface area contributed by atoms with E-state index in [2.05, 4.69) is 10.3 Å². The van der Waals surface area contributed by atoms with Crippen molar-refractivity contribution in [3.63, 3.8) is 0 Å². The van der Waals surface area contributed by atoms with E-state index in [1.807, 2.05) is 6.07 Å². The molecule has 0 radical (unpaired) electrons. The number of halogens is 1. The topological polar surface area (TPSA) is 70.7 Å². The van der Waals surface area contributed by atoms with Gasteiger partial charge in [-0.15, -0.1) is 0 Å². The number of carbonyl (C=O) groups is 1. The average molecular weight is 261 g/mol. The number of rotatable bonds is 3. The summed E-state index contributed by atoms with van der Waals surface area (Å²) in [5.74, 6) is -0.0203. The molecule has 0 aliphatic rings. The van der Waals surface area contributed by atoms with Crippen LogP contribution in [0.2, 0.25) is 5.02 Å². The van der Waals surface area contributed by atoms with Gasteiger partial charge in [-0.05, 0) is 24.3 Å². The number of hydrogen-bond donors (Lipinski definition) is 1. The van der Waals surface area contributed by atoms with E-state index < -0.39 is 0 Å². The summed E-state index contributed by atoms with van der Waals surface area (Å²) in [7, 11) is 0. The van der Waals surface area contributed by atoms with Crippen molar-refractivity contribution in [2.45, 2.75) is 6.54 Å². The van der Waals surface area contributed by atoms with Crippen molar-refractivity contribution >= 4 is 23.2 Å². The zero-order valence-electron chi connectivity index (χ0n) is 9.30. The van der Waals surface area contributed by atoms with Crippen LogP contribution in [0.25, 0.3) is 0 Å². The Morgan fingerprint density at radius 1 is 1.44 bits per heavy atom.